The summed E-state index contributed by atoms with van der Waals surface area (Å²) in [7, 11) is 0. The summed E-state index contributed by atoms with van der Waals surface area (Å²) in [5, 5.41) is 12.1. The number of carbonyl (C=O) groups excluding carboxylic acids is 2. The number of aromatic nitrogens is 3. The van der Waals surface area contributed by atoms with Gasteiger partial charge in [0.25, 0.3) is 0 Å². The summed E-state index contributed by atoms with van der Waals surface area (Å²) in [5.41, 5.74) is 0.655. The Kier molecular flexibility index (Phi) is 6.41. The van der Waals surface area contributed by atoms with Crippen LogP contribution in [0.1, 0.15) is 38.4 Å². The molecular formula is C20H25N5O4S. The number of rotatable bonds is 7. The van der Waals surface area contributed by atoms with Crippen LogP contribution in [-0.4, -0.2) is 50.6 Å². The first kappa shape index (κ1) is 20.5. The Bertz CT molecular complexity index is 932. The Hall–Kier alpha value is -2.75. The Morgan fingerprint density at radius 3 is 2.93 bits per heavy atom. The van der Waals surface area contributed by atoms with E-state index in [0.29, 0.717) is 41.9 Å². The second-order valence-electron chi connectivity index (χ2n) is 7.17. The quantitative estimate of drug-likeness (QED) is 0.673. The number of likely N-dealkylation sites (tertiary alicyclic amines) is 1. The summed E-state index contributed by atoms with van der Waals surface area (Å²) in [6.45, 7) is 4.10. The normalized spacial score (nSPS) is 15.9. The molecule has 2 amide bonds. The molecule has 0 saturated carbocycles. The molecule has 0 aliphatic carbocycles. The van der Waals surface area contributed by atoms with Crippen molar-refractivity contribution < 1.29 is 19.1 Å². The molecule has 160 valence electrons. The van der Waals surface area contributed by atoms with Crippen molar-refractivity contribution in [2.75, 3.05) is 24.4 Å². The number of carbonyl (C=O) groups is 2. The second kappa shape index (κ2) is 9.38. The highest BCUT2D eigenvalue weighted by atomic mass is 32.2. The van der Waals surface area contributed by atoms with Crippen molar-refractivity contribution in [1.82, 2.24) is 19.7 Å². The maximum Gasteiger partial charge on any atom is 0.234 e. The van der Waals surface area contributed by atoms with Gasteiger partial charge < -0.3 is 24.3 Å². The van der Waals surface area contributed by atoms with Crippen molar-refractivity contribution in [2.24, 2.45) is 0 Å². The molecule has 0 bridgehead atoms. The highest BCUT2D eigenvalue weighted by molar-refractivity contribution is 7.99. The van der Waals surface area contributed by atoms with Gasteiger partial charge in [-0.25, -0.2) is 0 Å². The molecule has 30 heavy (non-hydrogen) atoms. The lowest BCUT2D eigenvalue weighted by molar-refractivity contribution is -0.131. The minimum Gasteiger partial charge on any atom is -0.454 e. The molecule has 1 N–H and O–H groups in total. The van der Waals surface area contributed by atoms with E-state index < -0.39 is 0 Å². The molecule has 0 radical (unpaired) electrons. The third-order valence-electron chi connectivity index (χ3n) is 5.10. The van der Waals surface area contributed by atoms with Crippen LogP contribution in [0.3, 0.4) is 0 Å². The minimum atomic E-state index is -0.145. The molecule has 9 nitrogen and oxygen atoms in total. The Morgan fingerprint density at radius 1 is 1.20 bits per heavy atom. The zero-order chi connectivity index (χ0) is 20.9. The third-order valence-corrected chi connectivity index (χ3v) is 6.07. The molecule has 1 aromatic heterocycles. The lowest BCUT2D eigenvalue weighted by Gasteiger charge is -2.20. The standard InChI is InChI=1S/C20H25N5O4S/c1-2-25-17(11-24-9-5-3-4-6-19(24)27)22-23-20(25)30-12-18(26)21-14-7-8-15-16(10-14)29-13-28-15/h7-8,10H,2-6,9,11-13H2,1H3,(H,21,26). The lowest BCUT2D eigenvalue weighted by Crippen LogP contribution is -2.31. The second-order valence-corrected chi connectivity index (χ2v) is 8.12. The molecule has 0 unspecified atom stereocenters. The van der Waals surface area contributed by atoms with Gasteiger partial charge in [-0.2, -0.15) is 0 Å². The summed E-state index contributed by atoms with van der Waals surface area (Å²) in [6.07, 6.45) is 3.66. The van der Waals surface area contributed by atoms with Gasteiger partial charge in [-0.1, -0.05) is 18.2 Å². The first-order valence-corrected chi connectivity index (χ1v) is 11.1. The first-order valence-electron chi connectivity index (χ1n) is 10.2. The van der Waals surface area contributed by atoms with E-state index in [1.54, 1.807) is 18.2 Å². The highest BCUT2D eigenvalue weighted by Crippen LogP contribution is 2.34. The van der Waals surface area contributed by atoms with E-state index in [-0.39, 0.29) is 24.4 Å². The fourth-order valence-electron chi connectivity index (χ4n) is 3.54. The molecule has 1 aromatic carbocycles. The van der Waals surface area contributed by atoms with Gasteiger partial charge in [0.2, 0.25) is 18.6 Å². The van der Waals surface area contributed by atoms with Crippen molar-refractivity contribution in [3.8, 4) is 11.5 Å². The predicted octanol–water partition coefficient (Wildman–Crippen LogP) is 2.66. The van der Waals surface area contributed by atoms with E-state index in [4.69, 9.17) is 9.47 Å². The summed E-state index contributed by atoms with van der Waals surface area (Å²) < 4.78 is 12.6. The fraction of sp³-hybridized carbons (Fsp3) is 0.500. The number of hydrogen-bond donors (Lipinski definition) is 1. The number of amides is 2. The van der Waals surface area contributed by atoms with Gasteiger partial charge in [-0.3, -0.25) is 9.59 Å². The highest BCUT2D eigenvalue weighted by Gasteiger charge is 2.21. The molecule has 2 aliphatic heterocycles. The van der Waals surface area contributed by atoms with Crippen LogP contribution in [0.25, 0.3) is 0 Å². The van der Waals surface area contributed by atoms with Crippen LogP contribution < -0.4 is 14.8 Å². The van der Waals surface area contributed by atoms with Crippen LogP contribution in [0.15, 0.2) is 23.4 Å². The molecule has 0 atom stereocenters. The van der Waals surface area contributed by atoms with E-state index in [9.17, 15) is 9.59 Å². The van der Waals surface area contributed by atoms with E-state index >= 15 is 0 Å². The van der Waals surface area contributed by atoms with E-state index in [1.165, 1.54) is 11.8 Å². The van der Waals surface area contributed by atoms with Crippen LogP contribution in [0.5, 0.6) is 11.5 Å². The van der Waals surface area contributed by atoms with Crippen molar-refractivity contribution in [1.29, 1.82) is 0 Å². The van der Waals surface area contributed by atoms with Crippen LogP contribution >= 0.6 is 11.8 Å². The van der Waals surface area contributed by atoms with Crippen molar-refractivity contribution in [3.05, 3.63) is 24.0 Å². The number of nitrogens with zero attached hydrogens (tertiary/aromatic N) is 4. The molecule has 0 spiro atoms. The van der Waals surface area contributed by atoms with Crippen molar-refractivity contribution in [3.63, 3.8) is 0 Å². The Balaban J connectivity index is 1.35. The van der Waals surface area contributed by atoms with Crippen LogP contribution in [0.2, 0.25) is 0 Å². The maximum atomic E-state index is 12.4. The molecule has 2 aliphatic rings. The van der Waals surface area contributed by atoms with Gasteiger partial charge >= 0.3 is 0 Å². The molecule has 4 rings (SSSR count). The fourth-order valence-corrected chi connectivity index (χ4v) is 4.36. The molecule has 1 saturated heterocycles. The average Bonchev–Trinajstić information content (AvgIpc) is 3.31. The van der Waals surface area contributed by atoms with Crippen LogP contribution in [0, 0.1) is 0 Å². The van der Waals surface area contributed by atoms with Crippen molar-refractivity contribution in [2.45, 2.75) is 50.9 Å². The van der Waals surface area contributed by atoms with Crippen LogP contribution in [-0.2, 0) is 22.7 Å². The predicted molar refractivity (Wildman–Crippen MR) is 111 cm³/mol. The van der Waals surface area contributed by atoms with E-state index in [1.807, 2.05) is 16.4 Å². The topological polar surface area (TPSA) is 98.6 Å². The van der Waals surface area contributed by atoms with Gasteiger partial charge in [0.1, 0.15) is 0 Å². The number of nitrogens with one attached hydrogen (secondary N) is 1. The van der Waals surface area contributed by atoms with Crippen LogP contribution in [0.4, 0.5) is 5.69 Å². The maximum absolute atomic E-state index is 12.4. The Morgan fingerprint density at radius 2 is 2.07 bits per heavy atom. The number of benzene rings is 1. The first-order chi connectivity index (χ1) is 14.6. The molecule has 1 fully saturated rings. The average molecular weight is 432 g/mol. The minimum absolute atomic E-state index is 0.145. The van der Waals surface area contributed by atoms with Gasteiger partial charge in [0, 0.05) is 31.3 Å². The number of thioether (sulfide) groups is 1. The Labute approximate surface area is 179 Å². The monoisotopic (exact) mass is 431 g/mol. The molecule has 3 heterocycles. The zero-order valence-corrected chi connectivity index (χ0v) is 17.7. The van der Waals surface area contributed by atoms with E-state index in [2.05, 4.69) is 15.5 Å². The van der Waals surface area contributed by atoms with Gasteiger partial charge in [0.05, 0.1) is 12.3 Å². The summed E-state index contributed by atoms with van der Waals surface area (Å²) in [6, 6.07) is 5.30. The summed E-state index contributed by atoms with van der Waals surface area (Å²) in [4.78, 5) is 26.5. The van der Waals surface area contributed by atoms with Gasteiger partial charge in [-0.05, 0) is 31.9 Å². The smallest absolute Gasteiger partial charge is 0.234 e. The number of anilines is 1. The van der Waals surface area contributed by atoms with E-state index in [0.717, 1.165) is 31.6 Å². The van der Waals surface area contributed by atoms with Crippen molar-refractivity contribution >= 4 is 29.3 Å². The number of ether oxygens (including phenoxy) is 2. The van der Waals surface area contributed by atoms with Gasteiger partial charge in [-0.15, -0.1) is 10.2 Å². The third kappa shape index (κ3) is 4.69. The summed E-state index contributed by atoms with van der Waals surface area (Å²) >= 11 is 1.33. The zero-order valence-electron chi connectivity index (χ0n) is 16.9. The number of fused-ring (bicyclic) bond motifs is 1. The summed E-state index contributed by atoms with van der Waals surface area (Å²) in [5.74, 6) is 2.29. The lowest BCUT2D eigenvalue weighted by atomic mass is 10.2. The molecule has 2 aromatic rings. The van der Waals surface area contributed by atoms with Gasteiger partial charge in [0.15, 0.2) is 22.5 Å². The SMILES string of the molecule is CCn1c(CN2CCCCCC2=O)nnc1SCC(=O)Nc1ccc2c(c1)OCO2. The largest absolute Gasteiger partial charge is 0.454 e. The molecular weight excluding hydrogens is 406 g/mol. The number of hydrogen-bond acceptors (Lipinski definition) is 7. The molecule has 10 heteroatoms.